The van der Waals surface area contributed by atoms with Crippen LogP contribution in [-0.2, 0) is 23.1 Å². The average molecular weight is 367 g/mol. The van der Waals surface area contributed by atoms with Crippen LogP contribution in [0.1, 0.15) is 33.0 Å². The van der Waals surface area contributed by atoms with E-state index in [4.69, 9.17) is 4.42 Å². The van der Waals surface area contributed by atoms with Crippen LogP contribution in [0.3, 0.4) is 0 Å². The van der Waals surface area contributed by atoms with Crippen molar-refractivity contribution in [2.75, 3.05) is 0 Å². The average Bonchev–Trinajstić information content (AvgIpc) is 3.10. The van der Waals surface area contributed by atoms with Gasteiger partial charge in [-0.2, -0.15) is 0 Å². The fourth-order valence-electron chi connectivity index (χ4n) is 2.57. The first-order valence-electron chi connectivity index (χ1n) is 8.39. The van der Waals surface area contributed by atoms with Gasteiger partial charge in [-0.1, -0.05) is 48.0 Å². The van der Waals surface area contributed by atoms with Crippen molar-refractivity contribution in [1.82, 2.24) is 5.32 Å². The number of amides is 1. The smallest absolute Gasteiger partial charge is 0.287 e. The van der Waals surface area contributed by atoms with Gasteiger partial charge in [-0.05, 0) is 43.2 Å². The number of hydrogen-bond acceptors (Lipinski definition) is 3. The Bertz CT molecular complexity index is 928. The summed E-state index contributed by atoms with van der Waals surface area (Å²) in [4.78, 5) is 13.0. The molecule has 3 rings (SSSR count). The molecule has 1 heterocycles. The molecule has 0 bridgehead atoms. The molecule has 1 atom stereocenters. The quantitative estimate of drug-likeness (QED) is 0.712. The molecule has 0 saturated carbocycles. The summed E-state index contributed by atoms with van der Waals surface area (Å²) in [6, 6.07) is 18.9. The lowest BCUT2D eigenvalue weighted by Gasteiger charge is -2.05. The molecule has 4 nitrogen and oxygen atoms in total. The van der Waals surface area contributed by atoms with E-state index in [9.17, 15) is 9.00 Å². The van der Waals surface area contributed by atoms with E-state index in [1.165, 1.54) is 5.56 Å². The second-order valence-electron chi connectivity index (χ2n) is 6.19. The normalized spacial score (nSPS) is 11.9. The molecule has 1 N–H and O–H groups in total. The third-order valence-corrected chi connectivity index (χ3v) is 5.57. The van der Waals surface area contributed by atoms with Gasteiger partial charge >= 0.3 is 0 Å². The van der Waals surface area contributed by atoms with Crippen LogP contribution in [0.25, 0.3) is 0 Å². The Kier molecular flexibility index (Phi) is 5.68. The molecule has 0 aliphatic rings. The molecular formula is C21H21NO3S. The first kappa shape index (κ1) is 18.1. The molecule has 0 aliphatic carbocycles. The maximum atomic E-state index is 12.5. The van der Waals surface area contributed by atoms with Gasteiger partial charge in [-0.3, -0.25) is 9.00 Å². The number of carbonyl (C=O) groups is 1. The van der Waals surface area contributed by atoms with Crippen LogP contribution >= 0.6 is 0 Å². The maximum Gasteiger partial charge on any atom is 0.287 e. The van der Waals surface area contributed by atoms with Crippen molar-refractivity contribution in [3.63, 3.8) is 0 Å². The van der Waals surface area contributed by atoms with Gasteiger partial charge in [0.1, 0.15) is 5.76 Å². The van der Waals surface area contributed by atoms with E-state index < -0.39 is 10.8 Å². The fourth-order valence-corrected chi connectivity index (χ4v) is 3.80. The molecule has 3 aromatic rings. The van der Waals surface area contributed by atoms with Crippen LogP contribution in [0.15, 0.2) is 70.0 Å². The van der Waals surface area contributed by atoms with E-state index in [-0.39, 0.29) is 17.4 Å². The Balaban J connectivity index is 1.60. The van der Waals surface area contributed by atoms with Crippen molar-refractivity contribution in [2.24, 2.45) is 0 Å². The molecule has 0 aliphatic heterocycles. The van der Waals surface area contributed by atoms with Crippen molar-refractivity contribution in [3.8, 4) is 0 Å². The summed E-state index contributed by atoms with van der Waals surface area (Å²) < 4.78 is 18.1. The van der Waals surface area contributed by atoms with E-state index in [1.54, 1.807) is 12.1 Å². The van der Waals surface area contributed by atoms with Crippen LogP contribution in [0.5, 0.6) is 0 Å². The lowest BCUT2D eigenvalue weighted by molar-refractivity contribution is 0.0921. The van der Waals surface area contributed by atoms with E-state index in [2.05, 4.69) is 5.32 Å². The lowest BCUT2D eigenvalue weighted by atomic mass is 10.1. The van der Waals surface area contributed by atoms with Gasteiger partial charge < -0.3 is 9.73 Å². The first-order chi connectivity index (χ1) is 12.5. The minimum absolute atomic E-state index is 0.230. The number of aryl methyl sites for hydroxylation is 2. The van der Waals surface area contributed by atoms with E-state index in [0.29, 0.717) is 12.3 Å². The lowest BCUT2D eigenvalue weighted by Crippen LogP contribution is -2.22. The molecule has 0 fully saturated rings. The molecule has 1 aromatic heterocycles. The van der Waals surface area contributed by atoms with Crippen molar-refractivity contribution in [1.29, 1.82) is 0 Å². The highest BCUT2D eigenvalue weighted by atomic mass is 32.2. The summed E-state index contributed by atoms with van der Waals surface area (Å²) in [7, 11) is -1.21. The molecule has 0 spiro atoms. The van der Waals surface area contributed by atoms with E-state index >= 15 is 0 Å². The molecule has 0 radical (unpaired) electrons. The van der Waals surface area contributed by atoms with Crippen molar-refractivity contribution >= 4 is 16.7 Å². The van der Waals surface area contributed by atoms with Gasteiger partial charge in [0.05, 0.1) is 16.6 Å². The number of carbonyl (C=O) groups excluding carboxylic acids is 1. The molecular weight excluding hydrogens is 346 g/mol. The second-order valence-corrected chi connectivity index (χ2v) is 7.61. The Morgan fingerprint density at radius 1 is 1.00 bits per heavy atom. The Morgan fingerprint density at radius 3 is 2.46 bits per heavy atom. The number of furan rings is 1. The summed E-state index contributed by atoms with van der Waals surface area (Å²) in [5.41, 5.74) is 3.18. The Morgan fingerprint density at radius 2 is 1.73 bits per heavy atom. The summed E-state index contributed by atoms with van der Waals surface area (Å²) in [6.07, 6.45) is 0. The van der Waals surface area contributed by atoms with Crippen LogP contribution in [0.4, 0.5) is 0 Å². The van der Waals surface area contributed by atoms with Crippen LogP contribution in [0.2, 0.25) is 0 Å². The topological polar surface area (TPSA) is 59.3 Å². The van der Waals surface area contributed by atoms with Crippen molar-refractivity contribution < 1.29 is 13.4 Å². The summed E-state index contributed by atoms with van der Waals surface area (Å²) in [5.74, 6) is 0.732. The monoisotopic (exact) mass is 367 g/mol. The van der Waals surface area contributed by atoms with E-state index in [0.717, 1.165) is 16.0 Å². The third kappa shape index (κ3) is 4.49. The predicted octanol–water partition coefficient (Wildman–Crippen LogP) is 4.13. The van der Waals surface area contributed by atoms with Crippen molar-refractivity contribution in [3.05, 3.63) is 88.9 Å². The third-order valence-electron chi connectivity index (χ3n) is 4.07. The molecule has 1 amide bonds. The zero-order valence-corrected chi connectivity index (χ0v) is 15.6. The molecule has 0 unspecified atom stereocenters. The van der Waals surface area contributed by atoms with E-state index in [1.807, 2.05) is 62.4 Å². The molecule has 134 valence electrons. The summed E-state index contributed by atoms with van der Waals surface area (Å²) >= 11 is 0. The van der Waals surface area contributed by atoms with Crippen LogP contribution in [-0.4, -0.2) is 10.1 Å². The predicted molar refractivity (Wildman–Crippen MR) is 102 cm³/mol. The number of hydrogen-bond donors (Lipinski definition) is 1. The largest absolute Gasteiger partial charge is 0.455 e. The SMILES string of the molecule is Cc1ccc(CNC(=O)c2ccc(C[S@@](=O)c3ccccc3C)o2)cc1. The summed E-state index contributed by atoms with van der Waals surface area (Å²) in [6.45, 7) is 4.39. The zero-order valence-electron chi connectivity index (χ0n) is 14.8. The highest BCUT2D eigenvalue weighted by Gasteiger charge is 2.14. The number of nitrogens with one attached hydrogen (secondary N) is 1. The minimum atomic E-state index is -1.21. The Labute approximate surface area is 155 Å². The second kappa shape index (κ2) is 8.15. The first-order valence-corrected chi connectivity index (χ1v) is 9.71. The minimum Gasteiger partial charge on any atom is -0.455 e. The van der Waals surface area contributed by atoms with Gasteiger partial charge in [0.2, 0.25) is 0 Å². The van der Waals surface area contributed by atoms with Gasteiger partial charge in [0, 0.05) is 11.4 Å². The van der Waals surface area contributed by atoms with Crippen LogP contribution < -0.4 is 5.32 Å². The molecule has 2 aromatic carbocycles. The van der Waals surface area contributed by atoms with Gasteiger partial charge in [-0.15, -0.1) is 0 Å². The maximum absolute atomic E-state index is 12.5. The van der Waals surface area contributed by atoms with Crippen LogP contribution in [0, 0.1) is 13.8 Å². The molecule has 5 heteroatoms. The van der Waals surface area contributed by atoms with Gasteiger partial charge in [0.15, 0.2) is 5.76 Å². The summed E-state index contributed by atoms with van der Waals surface area (Å²) in [5, 5.41) is 2.83. The molecule has 26 heavy (non-hydrogen) atoms. The fraction of sp³-hybridized carbons (Fsp3) is 0.190. The highest BCUT2D eigenvalue weighted by Crippen LogP contribution is 2.18. The Hall–Kier alpha value is -2.66. The van der Waals surface area contributed by atoms with Gasteiger partial charge in [-0.25, -0.2) is 0 Å². The zero-order chi connectivity index (χ0) is 18.5. The number of benzene rings is 2. The highest BCUT2D eigenvalue weighted by molar-refractivity contribution is 7.84. The number of rotatable bonds is 6. The van der Waals surface area contributed by atoms with Crippen molar-refractivity contribution in [2.45, 2.75) is 31.0 Å². The molecule has 0 saturated heterocycles. The van der Waals surface area contributed by atoms with Gasteiger partial charge in [0.25, 0.3) is 5.91 Å². The standard InChI is InChI=1S/C21H21NO3S/c1-15-7-9-17(10-8-15)13-22-21(23)19-12-11-18(25-19)14-26(24)20-6-4-3-5-16(20)2/h3-12H,13-14H2,1-2H3,(H,22,23)/t26-/m1/s1.